The topological polar surface area (TPSA) is 35.6 Å². The molecule has 0 aliphatic carbocycles. The zero-order valence-electron chi connectivity index (χ0n) is 16.5. The number of benzene rings is 3. The second-order valence-electron chi connectivity index (χ2n) is 7.33. The third-order valence-electron chi connectivity index (χ3n) is 5.15. The molecule has 1 atom stereocenters. The van der Waals surface area contributed by atoms with Gasteiger partial charge in [-0.3, -0.25) is 9.69 Å². The molecule has 1 aliphatic heterocycles. The minimum atomic E-state index is -4.45. The van der Waals surface area contributed by atoms with Crippen LogP contribution in [0.3, 0.4) is 0 Å². The van der Waals surface area contributed by atoms with E-state index in [0.717, 1.165) is 23.4 Å². The van der Waals surface area contributed by atoms with Gasteiger partial charge in [-0.05, 0) is 67.2 Å². The van der Waals surface area contributed by atoms with Crippen LogP contribution in [-0.2, 0) is 17.5 Å². The Kier molecular flexibility index (Phi) is 5.41. The summed E-state index contributed by atoms with van der Waals surface area (Å²) in [6.07, 6.45) is -5.27. The van der Waals surface area contributed by atoms with Crippen molar-refractivity contribution in [1.29, 1.82) is 0 Å². The van der Waals surface area contributed by atoms with Crippen molar-refractivity contribution in [2.75, 3.05) is 17.3 Å². The predicted octanol–water partition coefficient (Wildman–Crippen LogP) is 5.39. The number of carbonyl (C=O) groups excluding carboxylic acids is 1. The number of para-hydroxylation sites is 1. The number of hydrogen-bond acceptors (Lipinski definition) is 3. The smallest absolute Gasteiger partial charge is 0.323 e. The standard InChI is InChI=1S/C23H19F4N3O/c1-29-14-15-4-2-3-5-20(15)30(19-12-6-16(7-13-19)23(25,26)27)22(29)21(31)28-18-10-8-17(24)9-11-18/h2-13,22H,14H2,1H3,(H,28,31). The summed E-state index contributed by atoms with van der Waals surface area (Å²) in [5.74, 6) is -0.809. The van der Waals surface area contributed by atoms with Gasteiger partial charge in [0.1, 0.15) is 5.82 Å². The van der Waals surface area contributed by atoms with E-state index in [4.69, 9.17) is 0 Å². The van der Waals surface area contributed by atoms with E-state index in [1.54, 1.807) is 16.8 Å². The van der Waals surface area contributed by atoms with E-state index in [9.17, 15) is 22.4 Å². The SMILES string of the molecule is CN1Cc2ccccc2N(c2ccc(C(F)(F)F)cc2)C1C(=O)Nc1ccc(F)cc1. The van der Waals surface area contributed by atoms with Gasteiger partial charge in [0.2, 0.25) is 0 Å². The molecule has 0 radical (unpaired) electrons. The molecule has 0 fully saturated rings. The minimum absolute atomic E-state index is 0.386. The number of alkyl halides is 3. The first kappa shape index (κ1) is 20.9. The molecule has 1 heterocycles. The third-order valence-corrected chi connectivity index (χ3v) is 5.15. The fraction of sp³-hybridized carbons (Fsp3) is 0.174. The lowest BCUT2D eigenvalue weighted by Crippen LogP contribution is -2.54. The average Bonchev–Trinajstić information content (AvgIpc) is 2.74. The minimum Gasteiger partial charge on any atom is -0.323 e. The maximum atomic E-state index is 13.2. The van der Waals surface area contributed by atoms with Crippen molar-refractivity contribution < 1.29 is 22.4 Å². The molecular formula is C23H19F4N3O. The van der Waals surface area contributed by atoms with Crippen LogP contribution in [-0.4, -0.2) is 24.0 Å². The lowest BCUT2D eigenvalue weighted by molar-refractivity contribution is -0.137. The fourth-order valence-electron chi connectivity index (χ4n) is 3.71. The van der Waals surface area contributed by atoms with E-state index in [1.165, 1.54) is 36.4 Å². The van der Waals surface area contributed by atoms with Crippen molar-refractivity contribution in [3.05, 3.63) is 89.7 Å². The highest BCUT2D eigenvalue weighted by atomic mass is 19.4. The highest BCUT2D eigenvalue weighted by Crippen LogP contribution is 2.38. The highest BCUT2D eigenvalue weighted by Gasteiger charge is 2.37. The van der Waals surface area contributed by atoms with E-state index in [2.05, 4.69) is 5.32 Å². The van der Waals surface area contributed by atoms with Gasteiger partial charge in [-0.25, -0.2) is 4.39 Å². The molecule has 0 bridgehead atoms. The summed E-state index contributed by atoms with van der Waals surface area (Å²) in [4.78, 5) is 16.7. The molecular weight excluding hydrogens is 410 g/mol. The van der Waals surface area contributed by atoms with E-state index in [1.807, 2.05) is 24.3 Å². The Labute approximate surface area is 176 Å². The van der Waals surface area contributed by atoms with Crippen LogP contribution in [0.2, 0.25) is 0 Å². The van der Waals surface area contributed by atoms with Gasteiger partial charge in [0.25, 0.3) is 5.91 Å². The van der Waals surface area contributed by atoms with Crippen LogP contribution >= 0.6 is 0 Å². The van der Waals surface area contributed by atoms with E-state index in [0.29, 0.717) is 17.9 Å². The molecule has 4 rings (SSSR count). The second-order valence-corrected chi connectivity index (χ2v) is 7.33. The van der Waals surface area contributed by atoms with Gasteiger partial charge < -0.3 is 10.2 Å². The summed E-state index contributed by atoms with van der Waals surface area (Å²) in [5, 5.41) is 2.77. The van der Waals surface area contributed by atoms with Crippen LogP contribution in [0.4, 0.5) is 34.6 Å². The number of nitrogens with zero attached hydrogens (tertiary/aromatic N) is 2. The Morgan fingerprint density at radius 2 is 1.61 bits per heavy atom. The van der Waals surface area contributed by atoms with E-state index in [-0.39, 0.29) is 5.91 Å². The lowest BCUT2D eigenvalue weighted by Gasteiger charge is -2.43. The number of rotatable bonds is 3. The molecule has 1 amide bonds. The molecule has 0 saturated heterocycles. The monoisotopic (exact) mass is 429 g/mol. The van der Waals surface area contributed by atoms with Crippen LogP contribution in [0.15, 0.2) is 72.8 Å². The summed E-state index contributed by atoms with van der Waals surface area (Å²) >= 11 is 0. The molecule has 0 spiro atoms. The van der Waals surface area contributed by atoms with Crippen molar-refractivity contribution in [2.24, 2.45) is 0 Å². The Morgan fingerprint density at radius 1 is 0.968 bits per heavy atom. The molecule has 0 saturated carbocycles. The summed E-state index contributed by atoms with van der Waals surface area (Å²) < 4.78 is 52.3. The average molecular weight is 429 g/mol. The van der Waals surface area contributed by atoms with Crippen LogP contribution in [0.5, 0.6) is 0 Å². The maximum Gasteiger partial charge on any atom is 0.416 e. The largest absolute Gasteiger partial charge is 0.416 e. The van der Waals surface area contributed by atoms with Crippen molar-refractivity contribution >= 4 is 23.0 Å². The van der Waals surface area contributed by atoms with Crippen molar-refractivity contribution in [2.45, 2.75) is 18.9 Å². The molecule has 1 N–H and O–H groups in total. The number of amides is 1. The van der Waals surface area contributed by atoms with E-state index >= 15 is 0 Å². The molecule has 3 aromatic carbocycles. The zero-order chi connectivity index (χ0) is 22.2. The summed E-state index contributed by atoms with van der Waals surface area (Å²) in [7, 11) is 1.77. The lowest BCUT2D eigenvalue weighted by atomic mass is 10.0. The Bertz CT molecular complexity index is 1080. The first-order valence-electron chi connectivity index (χ1n) is 9.55. The van der Waals surface area contributed by atoms with Crippen molar-refractivity contribution in [3.8, 4) is 0 Å². The van der Waals surface area contributed by atoms with Gasteiger partial charge in [-0.1, -0.05) is 18.2 Å². The molecule has 1 unspecified atom stereocenters. The quantitative estimate of drug-likeness (QED) is 0.567. The first-order valence-corrected chi connectivity index (χ1v) is 9.55. The highest BCUT2D eigenvalue weighted by molar-refractivity contribution is 5.98. The van der Waals surface area contributed by atoms with Gasteiger partial charge in [-0.15, -0.1) is 0 Å². The number of halogens is 4. The predicted molar refractivity (Wildman–Crippen MR) is 110 cm³/mol. The van der Waals surface area contributed by atoms with Crippen LogP contribution < -0.4 is 10.2 Å². The van der Waals surface area contributed by atoms with Crippen LogP contribution in [0, 0.1) is 5.82 Å². The number of carbonyl (C=O) groups is 1. The summed E-state index contributed by atoms with van der Waals surface area (Å²) in [6, 6.07) is 17.5. The molecule has 8 heteroatoms. The molecule has 160 valence electrons. The van der Waals surface area contributed by atoms with E-state index < -0.39 is 23.7 Å². The number of anilines is 3. The number of nitrogens with one attached hydrogen (secondary N) is 1. The van der Waals surface area contributed by atoms with Gasteiger partial charge in [0.15, 0.2) is 6.17 Å². The third kappa shape index (κ3) is 4.25. The number of likely N-dealkylation sites (N-methyl/N-ethyl adjacent to an activating group) is 1. The Hall–Kier alpha value is -3.39. The Balaban J connectivity index is 1.73. The first-order chi connectivity index (χ1) is 14.7. The maximum absolute atomic E-state index is 13.2. The normalized spacial score (nSPS) is 16.7. The second kappa shape index (κ2) is 8.03. The molecule has 4 nitrogen and oxygen atoms in total. The molecule has 0 aromatic heterocycles. The summed E-state index contributed by atoms with van der Waals surface area (Å²) in [5.41, 5.74) is 1.79. The van der Waals surface area contributed by atoms with Gasteiger partial charge in [-0.2, -0.15) is 13.2 Å². The molecule has 31 heavy (non-hydrogen) atoms. The van der Waals surface area contributed by atoms with Gasteiger partial charge in [0, 0.05) is 23.6 Å². The van der Waals surface area contributed by atoms with Crippen molar-refractivity contribution in [3.63, 3.8) is 0 Å². The van der Waals surface area contributed by atoms with Gasteiger partial charge >= 0.3 is 6.18 Å². The summed E-state index contributed by atoms with van der Waals surface area (Å²) in [6.45, 7) is 0.481. The fourth-order valence-corrected chi connectivity index (χ4v) is 3.71. The number of hydrogen-bond donors (Lipinski definition) is 1. The molecule has 3 aromatic rings. The van der Waals surface area contributed by atoms with Crippen molar-refractivity contribution in [1.82, 2.24) is 4.90 Å². The van der Waals surface area contributed by atoms with Crippen LogP contribution in [0.25, 0.3) is 0 Å². The molecule has 1 aliphatic rings. The number of fused-ring (bicyclic) bond motifs is 1. The van der Waals surface area contributed by atoms with Crippen LogP contribution in [0.1, 0.15) is 11.1 Å². The zero-order valence-corrected chi connectivity index (χ0v) is 16.5. The van der Waals surface area contributed by atoms with Gasteiger partial charge in [0.05, 0.1) is 5.56 Å². The Morgan fingerprint density at radius 3 is 2.26 bits per heavy atom.